The quantitative estimate of drug-likeness (QED) is 0.846. The van der Waals surface area contributed by atoms with Crippen molar-refractivity contribution in [3.63, 3.8) is 0 Å². The van der Waals surface area contributed by atoms with Gasteiger partial charge in [0.2, 0.25) is 0 Å². The summed E-state index contributed by atoms with van der Waals surface area (Å²) in [6, 6.07) is 5.79. The van der Waals surface area contributed by atoms with Gasteiger partial charge in [0, 0.05) is 30.3 Å². The molecule has 3 heteroatoms. The number of anilines is 1. The van der Waals surface area contributed by atoms with Gasteiger partial charge in [-0.1, -0.05) is 6.07 Å². The van der Waals surface area contributed by atoms with Crippen LogP contribution < -0.4 is 4.90 Å². The molecule has 1 N–H and O–H groups in total. The molecule has 0 bridgehead atoms. The first kappa shape index (κ1) is 11.0. The van der Waals surface area contributed by atoms with E-state index >= 15 is 0 Å². The second-order valence-corrected chi connectivity index (χ2v) is 4.32. The molecule has 1 atom stereocenters. The van der Waals surface area contributed by atoms with Gasteiger partial charge in [0.25, 0.3) is 0 Å². The molecule has 3 nitrogen and oxygen atoms in total. The van der Waals surface area contributed by atoms with Crippen molar-refractivity contribution in [1.29, 1.82) is 0 Å². The van der Waals surface area contributed by atoms with E-state index in [1.807, 2.05) is 12.1 Å². The van der Waals surface area contributed by atoms with Gasteiger partial charge in [-0.3, -0.25) is 4.79 Å². The maximum Gasteiger partial charge on any atom is 0.131 e. The van der Waals surface area contributed by atoms with E-state index in [2.05, 4.69) is 11.8 Å². The third-order valence-corrected chi connectivity index (χ3v) is 3.18. The van der Waals surface area contributed by atoms with Crippen LogP contribution in [-0.2, 0) is 11.2 Å². The van der Waals surface area contributed by atoms with Gasteiger partial charge < -0.3 is 10.0 Å². The Labute approximate surface area is 95.7 Å². The molecule has 86 valence electrons. The van der Waals surface area contributed by atoms with Gasteiger partial charge in [0.1, 0.15) is 11.5 Å². The molecule has 1 aromatic carbocycles. The molecule has 1 aromatic rings. The fourth-order valence-corrected chi connectivity index (χ4v) is 2.53. The molecule has 1 heterocycles. The topological polar surface area (TPSA) is 40.5 Å². The summed E-state index contributed by atoms with van der Waals surface area (Å²) in [4.78, 5) is 13.4. The minimum Gasteiger partial charge on any atom is -0.508 e. The largest absolute Gasteiger partial charge is 0.508 e. The fourth-order valence-electron chi connectivity index (χ4n) is 2.53. The Kier molecular flexibility index (Phi) is 2.86. The number of phenolic OH excluding ortho intramolecular Hbond substituents is 1. The van der Waals surface area contributed by atoms with Crippen molar-refractivity contribution in [2.45, 2.75) is 32.7 Å². The number of benzene rings is 1. The molecule has 1 unspecified atom stereocenters. The lowest BCUT2D eigenvalue weighted by molar-refractivity contribution is -0.117. The number of nitrogens with zero attached hydrogens (tertiary/aromatic N) is 1. The molecular weight excluding hydrogens is 202 g/mol. The first-order valence-corrected chi connectivity index (χ1v) is 5.70. The van der Waals surface area contributed by atoms with Gasteiger partial charge in [-0.15, -0.1) is 0 Å². The van der Waals surface area contributed by atoms with Crippen LogP contribution in [0.1, 0.15) is 25.8 Å². The first-order chi connectivity index (χ1) is 7.63. The third kappa shape index (κ3) is 1.77. The van der Waals surface area contributed by atoms with Gasteiger partial charge in [0.15, 0.2) is 0 Å². The predicted octanol–water partition coefficient (Wildman–Crippen LogP) is 2.12. The predicted molar refractivity (Wildman–Crippen MR) is 63.9 cm³/mol. The number of fused-ring (bicyclic) bond motifs is 1. The zero-order valence-electron chi connectivity index (χ0n) is 9.73. The number of aromatic hydroxyl groups is 1. The van der Waals surface area contributed by atoms with Crippen LogP contribution in [0.4, 0.5) is 5.69 Å². The average molecular weight is 219 g/mol. The lowest BCUT2D eigenvalue weighted by Gasteiger charge is -2.25. The van der Waals surface area contributed by atoms with Crippen molar-refractivity contribution in [3.05, 3.63) is 23.8 Å². The highest BCUT2D eigenvalue weighted by molar-refractivity contribution is 5.78. The fraction of sp³-hybridized carbons (Fsp3) is 0.462. The number of hydrogen-bond acceptors (Lipinski definition) is 3. The number of rotatable bonds is 3. The van der Waals surface area contributed by atoms with Crippen LogP contribution in [0.3, 0.4) is 0 Å². The summed E-state index contributed by atoms with van der Waals surface area (Å²) in [7, 11) is 0. The van der Waals surface area contributed by atoms with E-state index in [-0.39, 0.29) is 11.8 Å². The lowest BCUT2D eigenvalue weighted by Crippen LogP contribution is -2.33. The number of ketones is 1. The lowest BCUT2D eigenvalue weighted by atomic mass is 10.1. The molecule has 0 saturated heterocycles. The van der Waals surface area contributed by atoms with Crippen molar-refractivity contribution in [1.82, 2.24) is 0 Å². The van der Waals surface area contributed by atoms with Crippen LogP contribution in [0.25, 0.3) is 0 Å². The van der Waals surface area contributed by atoms with E-state index in [1.165, 1.54) is 0 Å². The summed E-state index contributed by atoms with van der Waals surface area (Å²) in [5.74, 6) is 0.553. The monoisotopic (exact) mass is 219 g/mol. The summed E-state index contributed by atoms with van der Waals surface area (Å²) in [6.45, 7) is 4.57. The molecule has 0 aliphatic carbocycles. The Balaban J connectivity index is 2.32. The van der Waals surface area contributed by atoms with Crippen molar-refractivity contribution in [2.75, 3.05) is 11.4 Å². The Hall–Kier alpha value is -1.51. The van der Waals surface area contributed by atoms with Crippen LogP contribution in [0.5, 0.6) is 5.75 Å². The molecule has 0 saturated carbocycles. The van der Waals surface area contributed by atoms with E-state index in [4.69, 9.17) is 0 Å². The Morgan fingerprint density at radius 1 is 1.56 bits per heavy atom. The highest BCUT2D eigenvalue weighted by Crippen LogP contribution is 2.38. The van der Waals surface area contributed by atoms with Crippen LogP contribution in [-0.4, -0.2) is 23.5 Å². The maximum atomic E-state index is 11.2. The van der Waals surface area contributed by atoms with Crippen LogP contribution in [0, 0.1) is 0 Å². The SMILES string of the molecule is CCN1c2cccc(O)c2CC1CC(C)=O. The van der Waals surface area contributed by atoms with Crippen LogP contribution in [0.2, 0.25) is 0 Å². The molecule has 1 aliphatic rings. The molecule has 2 rings (SSSR count). The summed E-state index contributed by atoms with van der Waals surface area (Å²) in [6.07, 6.45) is 1.33. The summed E-state index contributed by atoms with van der Waals surface area (Å²) in [5, 5.41) is 9.78. The highest BCUT2D eigenvalue weighted by Gasteiger charge is 2.30. The highest BCUT2D eigenvalue weighted by atomic mass is 16.3. The zero-order chi connectivity index (χ0) is 11.7. The van der Waals surface area contributed by atoms with E-state index in [1.54, 1.807) is 13.0 Å². The number of likely N-dealkylation sites (N-methyl/N-ethyl adjacent to an activating group) is 1. The Morgan fingerprint density at radius 2 is 2.31 bits per heavy atom. The Morgan fingerprint density at radius 3 is 2.94 bits per heavy atom. The van der Waals surface area contributed by atoms with Crippen molar-refractivity contribution in [3.8, 4) is 5.75 Å². The number of hydrogen-bond donors (Lipinski definition) is 1. The molecular formula is C13H17NO2. The zero-order valence-corrected chi connectivity index (χ0v) is 9.73. The van der Waals surface area contributed by atoms with Gasteiger partial charge in [-0.2, -0.15) is 0 Å². The second-order valence-electron chi connectivity index (χ2n) is 4.32. The summed E-state index contributed by atoms with van der Waals surface area (Å²) >= 11 is 0. The normalized spacial score (nSPS) is 18.6. The molecule has 0 radical (unpaired) electrons. The third-order valence-electron chi connectivity index (χ3n) is 3.18. The molecule has 0 aromatic heterocycles. The second kappa shape index (κ2) is 4.16. The molecule has 0 fully saturated rings. The average Bonchev–Trinajstić information content (AvgIpc) is 2.56. The van der Waals surface area contributed by atoms with E-state index in [9.17, 15) is 9.90 Å². The maximum absolute atomic E-state index is 11.2. The summed E-state index contributed by atoms with van der Waals surface area (Å²) in [5.41, 5.74) is 2.06. The van der Waals surface area contributed by atoms with Crippen molar-refractivity contribution < 1.29 is 9.90 Å². The van der Waals surface area contributed by atoms with Crippen molar-refractivity contribution >= 4 is 11.5 Å². The summed E-state index contributed by atoms with van der Waals surface area (Å²) < 4.78 is 0. The first-order valence-electron chi connectivity index (χ1n) is 5.70. The molecule has 16 heavy (non-hydrogen) atoms. The van der Waals surface area contributed by atoms with Gasteiger partial charge in [-0.05, 0) is 32.4 Å². The van der Waals surface area contributed by atoms with Gasteiger partial charge in [-0.25, -0.2) is 0 Å². The molecule has 1 aliphatic heterocycles. The minimum atomic E-state index is 0.204. The Bertz CT molecular complexity index is 414. The number of carbonyl (C=O) groups excluding carboxylic acids is 1. The van der Waals surface area contributed by atoms with Crippen LogP contribution in [0.15, 0.2) is 18.2 Å². The van der Waals surface area contributed by atoms with Gasteiger partial charge in [0.05, 0.1) is 0 Å². The van der Waals surface area contributed by atoms with Crippen molar-refractivity contribution in [2.24, 2.45) is 0 Å². The number of carbonyl (C=O) groups is 1. The van der Waals surface area contributed by atoms with E-state index in [0.717, 1.165) is 24.2 Å². The molecule has 0 spiro atoms. The standard InChI is InChI=1S/C13H17NO2/c1-3-14-10(7-9(2)15)8-11-12(14)5-4-6-13(11)16/h4-6,10,16H,3,7-8H2,1-2H3. The van der Waals surface area contributed by atoms with E-state index < -0.39 is 0 Å². The minimum absolute atomic E-state index is 0.204. The van der Waals surface area contributed by atoms with E-state index in [0.29, 0.717) is 12.2 Å². The van der Waals surface area contributed by atoms with Crippen LogP contribution >= 0.6 is 0 Å². The van der Waals surface area contributed by atoms with Gasteiger partial charge >= 0.3 is 0 Å². The molecule has 0 amide bonds. The number of Topliss-reactive ketones (excluding diaryl/α,β-unsaturated/α-hetero) is 1. The smallest absolute Gasteiger partial charge is 0.131 e. The number of phenols is 1.